The highest BCUT2D eigenvalue weighted by Gasteiger charge is 2.37. The molecule has 182 valence electrons. The van der Waals surface area contributed by atoms with Crippen LogP contribution >= 0.6 is 0 Å². The van der Waals surface area contributed by atoms with Crippen molar-refractivity contribution in [3.63, 3.8) is 0 Å². The highest BCUT2D eigenvalue weighted by atomic mass is 19.4. The first-order chi connectivity index (χ1) is 16.8. The first-order valence-corrected chi connectivity index (χ1v) is 11.1. The summed E-state index contributed by atoms with van der Waals surface area (Å²) < 4.78 is 41.5. The van der Waals surface area contributed by atoms with Crippen LogP contribution in [-0.4, -0.2) is 43.1 Å². The van der Waals surface area contributed by atoms with Gasteiger partial charge in [-0.15, -0.1) is 0 Å². The van der Waals surface area contributed by atoms with Crippen LogP contribution in [0.25, 0.3) is 16.9 Å². The number of carbonyl (C=O) groups is 1. The zero-order valence-electron chi connectivity index (χ0n) is 18.7. The highest BCUT2D eigenvalue weighted by Crippen LogP contribution is 2.36. The molecule has 9 nitrogen and oxygen atoms in total. The molecule has 12 heteroatoms. The number of rotatable bonds is 7. The van der Waals surface area contributed by atoms with Crippen LogP contribution in [-0.2, 0) is 12.6 Å². The fraction of sp³-hybridized carbons (Fsp3) is 0.304. The molecule has 0 saturated heterocycles. The van der Waals surface area contributed by atoms with Crippen LogP contribution in [0.1, 0.15) is 35.0 Å². The van der Waals surface area contributed by atoms with E-state index in [0.29, 0.717) is 41.6 Å². The van der Waals surface area contributed by atoms with Gasteiger partial charge in [0.25, 0.3) is 5.91 Å². The van der Waals surface area contributed by atoms with E-state index in [1.807, 2.05) is 13.0 Å². The average molecular weight is 484 g/mol. The minimum absolute atomic E-state index is 0.113. The van der Waals surface area contributed by atoms with Crippen LogP contribution in [0.2, 0.25) is 0 Å². The maximum Gasteiger partial charge on any atom is 0.435 e. The maximum atomic E-state index is 13.3. The van der Waals surface area contributed by atoms with Gasteiger partial charge in [0.1, 0.15) is 0 Å². The predicted octanol–water partition coefficient (Wildman–Crippen LogP) is 3.52. The van der Waals surface area contributed by atoms with Crippen molar-refractivity contribution in [3.8, 4) is 11.3 Å². The molecule has 3 aromatic heterocycles. The fourth-order valence-electron chi connectivity index (χ4n) is 4.05. The summed E-state index contributed by atoms with van der Waals surface area (Å²) in [6.07, 6.45) is 2.49. The standard InChI is InChI=1S/C23H23F3N8O/c1-2-12-7-14(3-4-15(12)22(35)30-9-13-8-17(13)27)32-20-21-29-11-18(34(21)6-5-28-20)16-10-31-33-19(16)23(24,25)26/h3-7,10-11,13,17H,2,8-9,27H2,1H3,(H,28,32)(H,30,35)(H,31,33). The number of nitrogens with two attached hydrogens (primary N) is 1. The predicted molar refractivity (Wildman–Crippen MR) is 123 cm³/mol. The topological polar surface area (TPSA) is 126 Å². The number of amides is 1. The fourth-order valence-corrected chi connectivity index (χ4v) is 4.05. The summed E-state index contributed by atoms with van der Waals surface area (Å²) in [5.74, 6) is 0.550. The third-order valence-electron chi connectivity index (χ3n) is 6.11. The molecule has 35 heavy (non-hydrogen) atoms. The Balaban J connectivity index is 1.41. The van der Waals surface area contributed by atoms with Crippen LogP contribution in [0.4, 0.5) is 24.7 Å². The zero-order valence-corrected chi connectivity index (χ0v) is 18.7. The van der Waals surface area contributed by atoms with Gasteiger partial charge in [-0.05, 0) is 42.5 Å². The number of imidazole rings is 1. The number of H-pyrrole nitrogens is 1. The molecule has 0 radical (unpaired) electrons. The third kappa shape index (κ3) is 4.44. The molecular weight excluding hydrogens is 461 g/mol. The van der Waals surface area contributed by atoms with Crippen molar-refractivity contribution in [1.29, 1.82) is 0 Å². The Morgan fingerprint density at radius 2 is 2.11 bits per heavy atom. The first-order valence-electron chi connectivity index (χ1n) is 11.1. The number of alkyl halides is 3. The number of hydrogen-bond acceptors (Lipinski definition) is 6. The van der Waals surface area contributed by atoms with Crippen molar-refractivity contribution in [1.82, 2.24) is 29.9 Å². The van der Waals surface area contributed by atoms with Gasteiger partial charge in [-0.2, -0.15) is 18.3 Å². The molecule has 1 aliphatic rings. The van der Waals surface area contributed by atoms with E-state index < -0.39 is 11.9 Å². The number of nitrogens with one attached hydrogen (secondary N) is 3. The number of fused-ring (bicyclic) bond motifs is 1. The molecule has 3 heterocycles. The van der Waals surface area contributed by atoms with Gasteiger partial charge < -0.3 is 16.4 Å². The summed E-state index contributed by atoms with van der Waals surface area (Å²) in [6, 6.07) is 5.51. The monoisotopic (exact) mass is 484 g/mol. The largest absolute Gasteiger partial charge is 0.435 e. The quantitative estimate of drug-likeness (QED) is 0.318. The summed E-state index contributed by atoms with van der Waals surface area (Å²) in [4.78, 5) is 21.2. The van der Waals surface area contributed by atoms with Gasteiger partial charge >= 0.3 is 6.18 Å². The Hall–Kier alpha value is -3.93. The lowest BCUT2D eigenvalue weighted by molar-refractivity contribution is -0.140. The normalized spacial score (nSPS) is 17.5. The second-order valence-electron chi connectivity index (χ2n) is 8.48. The summed E-state index contributed by atoms with van der Waals surface area (Å²) in [6.45, 7) is 2.51. The Morgan fingerprint density at radius 3 is 2.83 bits per heavy atom. The summed E-state index contributed by atoms with van der Waals surface area (Å²) in [5, 5.41) is 11.7. The smallest absolute Gasteiger partial charge is 0.352 e. The zero-order chi connectivity index (χ0) is 24.7. The van der Waals surface area contributed by atoms with Gasteiger partial charge in [0.15, 0.2) is 17.2 Å². The Bertz CT molecular complexity index is 1390. The van der Waals surface area contributed by atoms with Gasteiger partial charge in [0.05, 0.1) is 17.5 Å². The lowest BCUT2D eigenvalue weighted by Gasteiger charge is -2.13. The van der Waals surface area contributed by atoms with Gasteiger partial charge in [0, 0.05) is 42.4 Å². The molecule has 0 bridgehead atoms. The molecule has 1 aliphatic carbocycles. The summed E-state index contributed by atoms with van der Waals surface area (Å²) in [7, 11) is 0. The Labute approximate surface area is 198 Å². The van der Waals surface area contributed by atoms with Crippen molar-refractivity contribution in [2.75, 3.05) is 11.9 Å². The van der Waals surface area contributed by atoms with Crippen LogP contribution < -0.4 is 16.4 Å². The number of benzene rings is 1. The number of carbonyl (C=O) groups excluding carboxylic acids is 1. The molecule has 2 atom stereocenters. The summed E-state index contributed by atoms with van der Waals surface area (Å²) in [5.41, 5.74) is 7.35. The molecule has 1 aromatic carbocycles. The molecule has 2 unspecified atom stereocenters. The number of hydrogen-bond donors (Lipinski definition) is 4. The van der Waals surface area contributed by atoms with Crippen molar-refractivity contribution in [2.24, 2.45) is 11.7 Å². The first kappa shape index (κ1) is 22.8. The van der Waals surface area contributed by atoms with Crippen LogP contribution in [0, 0.1) is 5.92 Å². The lowest BCUT2D eigenvalue weighted by Crippen LogP contribution is -2.28. The van der Waals surface area contributed by atoms with Gasteiger partial charge in [-0.1, -0.05) is 6.92 Å². The van der Waals surface area contributed by atoms with Crippen LogP contribution in [0.15, 0.2) is 43.0 Å². The Morgan fingerprint density at radius 1 is 1.31 bits per heavy atom. The highest BCUT2D eigenvalue weighted by molar-refractivity contribution is 5.96. The van der Waals surface area contributed by atoms with E-state index in [2.05, 4.69) is 30.8 Å². The molecule has 1 amide bonds. The molecule has 5 rings (SSSR count). The van der Waals surface area contributed by atoms with Crippen LogP contribution in [0.3, 0.4) is 0 Å². The van der Waals surface area contributed by atoms with E-state index in [-0.39, 0.29) is 23.2 Å². The Kier molecular flexibility index (Phi) is 5.67. The SMILES string of the molecule is CCc1cc(Nc2nccn3c(-c4c[nH]nc4C(F)(F)F)cnc23)ccc1C(=O)NCC1CC1N. The molecule has 0 aliphatic heterocycles. The molecule has 5 N–H and O–H groups in total. The molecule has 1 fully saturated rings. The number of aromatic nitrogens is 5. The molecule has 1 saturated carbocycles. The van der Waals surface area contributed by atoms with Crippen molar-refractivity contribution in [3.05, 3.63) is 59.8 Å². The van der Waals surface area contributed by atoms with E-state index in [0.717, 1.165) is 12.0 Å². The van der Waals surface area contributed by atoms with E-state index in [1.165, 1.54) is 29.2 Å². The number of aromatic amines is 1. The minimum atomic E-state index is -4.61. The molecular formula is C23H23F3N8O. The summed E-state index contributed by atoms with van der Waals surface area (Å²) >= 11 is 0. The number of anilines is 2. The number of halogens is 3. The van der Waals surface area contributed by atoms with E-state index in [1.54, 1.807) is 12.1 Å². The third-order valence-corrected chi connectivity index (χ3v) is 6.11. The number of aryl methyl sites for hydroxylation is 1. The minimum Gasteiger partial charge on any atom is -0.352 e. The van der Waals surface area contributed by atoms with Crippen molar-refractivity contribution >= 4 is 23.1 Å². The second-order valence-corrected chi connectivity index (χ2v) is 8.48. The second kappa shape index (κ2) is 8.69. The average Bonchev–Trinajstić information content (AvgIpc) is 3.19. The van der Waals surface area contributed by atoms with Gasteiger partial charge in [-0.25, -0.2) is 9.97 Å². The number of nitrogens with zero attached hydrogens (tertiary/aromatic N) is 4. The van der Waals surface area contributed by atoms with Gasteiger partial charge in [-0.3, -0.25) is 14.3 Å². The van der Waals surface area contributed by atoms with Gasteiger partial charge in [0.2, 0.25) is 0 Å². The van der Waals surface area contributed by atoms with E-state index in [9.17, 15) is 18.0 Å². The molecule has 4 aromatic rings. The molecule has 0 spiro atoms. The van der Waals surface area contributed by atoms with E-state index >= 15 is 0 Å². The van der Waals surface area contributed by atoms with Crippen molar-refractivity contribution < 1.29 is 18.0 Å². The maximum absolute atomic E-state index is 13.3. The lowest BCUT2D eigenvalue weighted by atomic mass is 10.0. The van der Waals surface area contributed by atoms with Crippen LogP contribution in [0.5, 0.6) is 0 Å². The van der Waals surface area contributed by atoms with Crippen molar-refractivity contribution in [2.45, 2.75) is 32.0 Å². The van der Waals surface area contributed by atoms with E-state index in [4.69, 9.17) is 5.73 Å².